The molecule has 4 aromatic carbocycles. The standard InChI is InChI=1S/C35H31F2NO4/c1-22-11-14-25-7-4-5-10-29(25)31(22)33(39)38(21-28-17-18-30(42-28)32(36)37)20-23-12-15-24(16-13-23)26-8-6-9-27(19-26)35(2,3)34(40)41/h4-19,32H,20-21H2,1-3H3,(H,40,41). The first kappa shape index (κ1) is 28.7. The van der Waals surface area contributed by atoms with Crippen LogP contribution in [-0.2, 0) is 23.3 Å². The summed E-state index contributed by atoms with van der Waals surface area (Å²) in [6, 6.07) is 29.4. The fourth-order valence-electron chi connectivity index (χ4n) is 5.04. The minimum Gasteiger partial charge on any atom is -0.481 e. The van der Waals surface area contributed by atoms with Crippen LogP contribution in [0.5, 0.6) is 0 Å². The van der Waals surface area contributed by atoms with Crippen LogP contribution in [0.2, 0.25) is 0 Å². The third-order valence-corrected chi connectivity index (χ3v) is 7.66. The summed E-state index contributed by atoms with van der Waals surface area (Å²) in [6.07, 6.45) is -2.74. The average molecular weight is 568 g/mol. The van der Waals surface area contributed by atoms with Crippen LogP contribution in [0.3, 0.4) is 0 Å². The van der Waals surface area contributed by atoms with Crippen LogP contribution in [0.1, 0.15) is 58.8 Å². The monoisotopic (exact) mass is 567 g/mol. The van der Waals surface area contributed by atoms with Crippen molar-refractivity contribution in [2.45, 2.75) is 45.7 Å². The van der Waals surface area contributed by atoms with Crippen molar-refractivity contribution in [1.82, 2.24) is 4.90 Å². The lowest BCUT2D eigenvalue weighted by Gasteiger charge is -2.24. The average Bonchev–Trinajstić information content (AvgIpc) is 3.46. The number of halogens is 2. The summed E-state index contributed by atoms with van der Waals surface area (Å²) >= 11 is 0. The van der Waals surface area contributed by atoms with Gasteiger partial charge in [0.05, 0.1) is 17.5 Å². The van der Waals surface area contributed by atoms with E-state index in [9.17, 15) is 23.5 Å². The Morgan fingerprint density at radius 2 is 1.60 bits per heavy atom. The second-order valence-electron chi connectivity index (χ2n) is 11.0. The highest BCUT2D eigenvalue weighted by Crippen LogP contribution is 2.30. The van der Waals surface area contributed by atoms with E-state index < -0.39 is 23.6 Å². The lowest BCUT2D eigenvalue weighted by atomic mass is 9.83. The van der Waals surface area contributed by atoms with Crippen LogP contribution in [0, 0.1) is 6.92 Å². The van der Waals surface area contributed by atoms with Gasteiger partial charge in [-0.1, -0.05) is 84.9 Å². The van der Waals surface area contributed by atoms with Crippen LogP contribution in [0.25, 0.3) is 21.9 Å². The molecule has 0 spiro atoms. The molecule has 0 aliphatic carbocycles. The number of carbonyl (C=O) groups is 2. The van der Waals surface area contributed by atoms with E-state index in [1.807, 2.05) is 85.8 Å². The summed E-state index contributed by atoms with van der Waals surface area (Å²) in [4.78, 5) is 27.5. The molecule has 0 saturated carbocycles. The Morgan fingerprint density at radius 3 is 2.29 bits per heavy atom. The van der Waals surface area contributed by atoms with Gasteiger partial charge in [-0.15, -0.1) is 0 Å². The Labute approximate surface area is 243 Å². The zero-order chi connectivity index (χ0) is 30.0. The molecule has 1 N–H and O–H groups in total. The lowest BCUT2D eigenvalue weighted by Crippen LogP contribution is -2.30. The Morgan fingerprint density at radius 1 is 0.857 bits per heavy atom. The molecule has 1 aromatic heterocycles. The fourth-order valence-corrected chi connectivity index (χ4v) is 5.04. The number of rotatable bonds is 9. The molecule has 0 aliphatic rings. The maximum absolute atomic E-state index is 14.1. The van der Waals surface area contributed by atoms with Crippen LogP contribution >= 0.6 is 0 Å². The number of nitrogens with zero attached hydrogens (tertiary/aromatic N) is 1. The summed E-state index contributed by atoms with van der Waals surface area (Å²) in [5.41, 5.74) is 3.65. The van der Waals surface area contributed by atoms with Gasteiger partial charge in [-0.05, 0) is 71.5 Å². The van der Waals surface area contributed by atoms with E-state index in [2.05, 4.69) is 0 Å². The van der Waals surface area contributed by atoms with Crippen molar-refractivity contribution >= 4 is 22.6 Å². The Bertz CT molecular complexity index is 1750. The zero-order valence-electron chi connectivity index (χ0n) is 23.6. The third-order valence-electron chi connectivity index (χ3n) is 7.66. The highest BCUT2D eigenvalue weighted by atomic mass is 19.3. The van der Waals surface area contributed by atoms with Gasteiger partial charge in [0.2, 0.25) is 0 Å². The van der Waals surface area contributed by atoms with E-state index >= 15 is 0 Å². The predicted molar refractivity (Wildman–Crippen MR) is 158 cm³/mol. The summed E-state index contributed by atoms with van der Waals surface area (Å²) in [6.45, 7) is 5.46. The van der Waals surface area contributed by atoms with Crippen molar-refractivity contribution in [1.29, 1.82) is 0 Å². The fraction of sp³-hybridized carbons (Fsp3) is 0.200. The van der Waals surface area contributed by atoms with E-state index in [0.29, 0.717) is 11.1 Å². The molecule has 0 radical (unpaired) electrons. The smallest absolute Gasteiger partial charge is 0.313 e. The molecule has 0 unspecified atom stereocenters. The zero-order valence-corrected chi connectivity index (χ0v) is 23.6. The van der Waals surface area contributed by atoms with Crippen molar-refractivity contribution in [2.75, 3.05) is 0 Å². The van der Waals surface area contributed by atoms with E-state index in [4.69, 9.17) is 4.42 Å². The van der Waals surface area contributed by atoms with Gasteiger partial charge in [0.1, 0.15) is 5.76 Å². The molecule has 1 heterocycles. The molecular formula is C35H31F2NO4. The van der Waals surface area contributed by atoms with Gasteiger partial charge in [-0.3, -0.25) is 9.59 Å². The quantitative estimate of drug-likeness (QED) is 0.194. The normalized spacial score (nSPS) is 11.7. The molecule has 0 aliphatic heterocycles. The number of hydrogen-bond acceptors (Lipinski definition) is 3. The van der Waals surface area contributed by atoms with E-state index in [-0.39, 0.29) is 24.8 Å². The Kier molecular flexibility index (Phi) is 7.94. The number of aliphatic carboxylic acids is 1. The second-order valence-corrected chi connectivity index (χ2v) is 11.0. The molecule has 1 amide bonds. The SMILES string of the molecule is Cc1ccc2ccccc2c1C(=O)N(Cc1ccc(-c2cccc(C(C)(C)C(=O)O)c2)cc1)Cc1ccc(C(F)F)o1. The number of carboxylic acids is 1. The predicted octanol–water partition coefficient (Wildman–Crippen LogP) is 8.55. The molecule has 42 heavy (non-hydrogen) atoms. The van der Waals surface area contributed by atoms with E-state index in [0.717, 1.165) is 33.0 Å². The molecule has 5 nitrogen and oxygen atoms in total. The highest BCUT2D eigenvalue weighted by molar-refractivity contribution is 6.08. The molecule has 5 rings (SSSR count). The van der Waals surface area contributed by atoms with Gasteiger partial charge in [-0.25, -0.2) is 8.78 Å². The number of alkyl halides is 2. The van der Waals surface area contributed by atoms with E-state index in [1.165, 1.54) is 12.1 Å². The second kappa shape index (κ2) is 11.6. The van der Waals surface area contributed by atoms with E-state index in [1.54, 1.807) is 24.8 Å². The van der Waals surface area contributed by atoms with Crippen molar-refractivity contribution in [3.05, 3.63) is 131 Å². The van der Waals surface area contributed by atoms with Crippen LogP contribution in [0.15, 0.2) is 101 Å². The summed E-state index contributed by atoms with van der Waals surface area (Å²) in [5.74, 6) is -1.30. The minimum absolute atomic E-state index is 0.0162. The maximum Gasteiger partial charge on any atom is 0.313 e. The van der Waals surface area contributed by atoms with Gasteiger partial charge >= 0.3 is 5.97 Å². The van der Waals surface area contributed by atoms with Gasteiger partial charge in [0, 0.05) is 6.54 Å². The first-order valence-electron chi connectivity index (χ1n) is 13.6. The van der Waals surface area contributed by atoms with Crippen molar-refractivity contribution in [3.63, 3.8) is 0 Å². The van der Waals surface area contributed by atoms with Crippen LogP contribution < -0.4 is 0 Å². The molecule has 0 bridgehead atoms. The van der Waals surface area contributed by atoms with Crippen molar-refractivity contribution in [3.8, 4) is 11.1 Å². The van der Waals surface area contributed by atoms with Gasteiger partial charge in [0.25, 0.3) is 12.3 Å². The molecule has 214 valence electrons. The number of fused-ring (bicyclic) bond motifs is 1. The number of carboxylic acid groups (broad SMARTS) is 1. The van der Waals surface area contributed by atoms with Crippen molar-refractivity contribution < 1.29 is 27.9 Å². The summed E-state index contributed by atoms with van der Waals surface area (Å²) < 4.78 is 31.8. The molecular weight excluding hydrogens is 536 g/mol. The summed E-state index contributed by atoms with van der Waals surface area (Å²) in [5, 5.41) is 11.4. The molecule has 7 heteroatoms. The molecule has 0 atom stereocenters. The minimum atomic E-state index is -2.74. The number of carbonyl (C=O) groups excluding carboxylic acids is 1. The van der Waals surface area contributed by atoms with Gasteiger partial charge in [-0.2, -0.15) is 0 Å². The molecule has 5 aromatic rings. The Balaban J connectivity index is 1.47. The number of hydrogen-bond donors (Lipinski definition) is 1. The first-order valence-corrected chi connectivity index (χ1v) is 13.6. The third kappa shape index (κ3) is 5.81. The van der Waals surface area contributed by atoms with Crippen molar-refractivity contribution in [2.24, 2.45) is 0 Å². The first-order chi connectivity index (χ1) is 20.0. The van der Waals surface area contributed by atoms with Gasteiger partial charge in [0.15, 0.2) is 5.76 Å². The van der Waals surface area contributed by atoms with Crippen LogP contribution in [0.4, 0.5) is 8.78 Å². The maximum atomic E-state index is 14.1. The molecule has 0 saturated heterocycles. The number of amides is 1. The number of benzene rings is 4. The lowest BCUT2D eigenvalue weighted by molar-refractivity contribution is -0.142. The molecule has 0 fully saturated rings. The Hall–Kier alpha value is -4.78. The largest absolute Gasteiger partial charge is 0.481 e. The summed E-state index contributed by atoms with van der Waals surface area (Å²) in [7, 11) is 0. The topological polar surface area (TPSA) is 70.8 Å². The van der Waals surface area contributed by atoms with Crippen LogP contribution in [-0.4, -0.2) is 21.9 Å². The van der Waals surface area contributed by atoms with Gasteiger partial charge < -0.3 is 14.4 Å². The number of furan rings is 1. The highest BCUT2D eigenvalue weighted by Gasteiger charge is 2.29. The number of aryl methyl sites for hydroxylation is 1.